The number of rotatable bonds is 3. The lowest BCUT2D eigenvalue weighted by molar-refractivity contribution is 0.415. The minimum Gasteiger partial charge on any atom is -0.496 e. The largest absolute Gasteiger partial charge is 0.496 e. The molecule has 0 aliphatic heterocycles. The molecular formula is C14H18FN3O. The van der Waals surface area contributed by atoms with Gasteiger partial charge in [-0.25, -0.2) is 9.37 Å². The Morgan fingerprint density at radius 1 is 1.37 bits per heavy atom. The number of aryl methyl sites for hydroxylation is 1. The second-order valence-corrected chi connectivity index (χ2v) is 5.13. The lowest BCUT2D eigenvalue weighted by Gasteiger charge is -2.14. The number of halogens is 1. The van der Waals surface area contributed by atoms with Crippen LogP contribution < -0.4 is 10.5 Å². The Bertz CT molecular complexity index is 599. The van der Waals surface area contributed by atoms with Crippen molar-refractivity contribution in [2.75, 3.05) is 7.11 Å². The summed E-state index contributed by atoms with van der Waals surface area (Å²) in [5, 5.41) is 0. The van der Waals surface area contributed by atoms with E-state index in [-0.39, 0.29) is 5.82 Å². The highest BCUT2D eigenvalue weighted by Crippen LogP contribution is 2.32. The number of hydrogen-bond acceptors (Lipinski definition) is 3. The molecule has 0 radical (unpaired) electrons. The van der Waals surface area contributed by atoms with E-state index in [1.165, 1.54) is 12.1 Å². The smallest absolute Gasteiger partial charge is 0.128 e. The SMILES string of the molecule is COc1ccc(F)cc1-c1nc(C(C)(C)N)[nH]c1C. The fourth-order valence-corrected chi connectivity index (χ4v) is 1.89. The summed E-state index contributed by atoms with van der Waals surface area (Å²) < 4.78 is 18.7. The summed E-state index contributed by atoms with van der Waals surface area (Å²) in [5.74, 6) is 0.912. The fourth-order valence-electron chi connectivity index (χ4n) is 1.89. The predicted molar refractivity (Wildman–Crippen MR) is 72.5 cm³/mol. The van der Waals surface area contributed by atoms with E-state index >= 15 is 0 Å². The Kier molecular flexibility index (Phi) is 3.32. The van der Waals surface area contributed by atoms with Crippen LogP contribution in [0.25, 0.3) is 11.3 Å². The van der Waals surface area contributed by atoms with Gasteiger partial charge in [-0.3, -0.25) is 0 Å². The van der Waals surface area contributed by atoms with Crippen molar-refractivity contribution in [3.05, 3.63) is 35.5 Å². The molecule has 3 N–H and O–H groups in total. The number of methoxy groups -OCH3 is 1. The van der Waals surface area contributed by atoms with Crippen LogP contribution in [0.2, 0.25) is 0 Å². The second-order valence-electron chi connectivity index (χ2n) is 5.13. The van der Waals surface area contributed by atoms with Gasteiger partial charge in [0.25, 0.3) is 0 Å². The first-order valence-electron chi connectivity index (χ1n) is 6.03. The summed E-state index contributed by atoms with van der Waals surface area (Å²) in [6, 6.07) is 4.36. The quantitative estimate of drug-likeness (QED) is 0.895. The molecule has 0 bridgehead atoms. The molecule has 0 aliphatic rings. The Balaban J connectivity index is 2.59. The predicted octanol–water partition coefficient (Wildman–Crippen LogP) is 2.73. The molecule has 0 amide bonds. The van der Waals surface area contributed by atoms with Gasteiger partial charge in [-0.05, 0) is 39.0 Å². The lowest BCUT2D eigenvalue weighted by Crippen LogP contribution is -2.30. The van der Waals surface area contributed by atoms with Crippen molar-refractivity contribution in [3.63, 3.8) is 0 Å². The van der Waals surface area contributed by atoms with Crippen LogP contribution in [-0.4, -0.2) is 17.1 Å². The zero-order chi connectivity index (χ0) is 14.2. The zero-order valence-corrected chi connectivity index (χ0v) is 11.5. The van der Waals surface area contributed by atoms with Crippen LogP contribution in [0.3, 0.4) is 0 Å². The van der Waals surface area contributed by atoms with Gasteiger partial charge in [-0.15, -0.1) is 0 Å². The maximum Gasteiger partial charge on any atom is 0.128 e. The number of ether oxygens (including phenoxy) is 1. The van der Waals surface area contributed by atoms with E-state index in [0.29, 0.717) is 22.8 Å². The van der Waals surface area contributed by atoms with E-state index in [1.54, 1.807) is 13.2 Å². The van der Waals surface area contributed by atoms with Gasteiger partial charge >= 0.3 is 0 Å². The van der Waals surface area contributed by atoms with Crippen LogP contribution in [0.1, 0.15) is 25.4 Å². The van der Waals surface area contributed by atoms with E-state index < -0.39 is 5.54 Å². The van der Waals surface area contributed by atoms with Gasteiger partial charge in [0.05, 0.1) is 18.3 Å². The maximum atomic E-state index is 13.4. The van der Waals surface area contributed by atoms with Crippen LogP contribution in [-0.2, 0) is 5.54 Å². The monoisotopic (exact) mass is 263 g/mol. The number of nitrogens with two attached hydrogens (primary N) is 1. The standard InChI is InChI=1S/C14H18FN3O/c1-8-12(18-13(17-8)14(2,3)16)10-7-9(15)5-6-11(10)19-4/h5-7H,16H2,1-4H3,(H,17,18). The fraction of sp³-hybridized carbons (Fsp3) is 0.357. The van der Waals surface area contributed by atoms with Gasteiger partial charge in [0.2, 0.25) is 0 Å². The van der Waals surface area contributed by atoms with Gasteiger partial charge in [0, 0.05) is 11.3 Å². The Hall–Kier alpha value is -1.88. The normalized spacial score (nSPS) is 11.7. The minimum atomic E-state index is -0.580. The Morgan fingerprint density at radius 3 is 2.58 bits per heavy atom. The highest BCUT2D eigenvalue weighted by atomic mass is 19.1. The first-order valence-corrected chi connectivity index (χ1v) is 6.03. The molecule has 5 heteroatoms. The molecule has 2 aromatic rings. The van der Waals surface area contributed by atoms with Crippen molar-refractivity contribution in [2.45, 2.75) is 26.3 Å². The van der Waals surface area contributed by atoms with Gasteiger partial charge in [-0.2, -0.15) is 0 Å². The molecule has 0 atom stereocenters. The summed E-state index contributed by atoms with van der Waals surface area (Å²) in [6.45, 7) is 5.59. The molecule has 1 heterocycles. The summed E-state index contributed by atoms with van der Waals surface area (Å²) in [7, 11) is 1.55. The van der Waals surface area contributed by atoms with Crippen molar-refractivity contribution >= 4 is 0 Å². The van der Waals surface area contributed by atoms with E-state index in [1.807, 2.05) is 20.8 Å². The molecule has 1 aromatic heterocycles. The molecule has 0 unspecified atom stereocenters. The molecule has 19 heavy (non-hydrogen) atoms. The molecule has 0 fully saturated rings. The average molecular weight is 263 g/mol. The number of imidazole rings is 1. The first kappa shape index (κ1) is 13.5. The van der Waals surface area contributed by atoms with E-state index in [9.17, 15) is 4.39 Å². The van der Waals surface area contributed by atoms with Crippen molar-refractivity contribution in [1.82, 2.24) is 9.97 Å². The van der Waals surface area contributed by atoms with Gasteiger partial charge < -0.3 is 15.5 Å². The van der Waals surface area contributed by atoms with Crippen LogP contribution in [0.5, 0.6) is 5.75 Å². The van der Waals surface area contributed by atoms with E-state index in [4.69, 9.17) is 10.5 Å². The van der Waals surface area contributed by atoms with Gasteiger partial charge in [0.1, 0.15) is 17.4 Å². The number of H-pyrrole nitrogens is 1. The summed E-state index contributed by atoms with van der Waals surface area (Å²) >= 11 is 0. The third kappa shape index (κ3) is 2.61. The molecule has 0 spiro atoms. The maximum absolute atomic E-state index is 13.4. The van der Waals surface area contributed by atoms with Crippen molar-refractivity contribution in [3.8, 4) is 17.0 Å². The highest BCUT2D eigenvalue weighted by molar-refractivity contribution is 5.69. The number of aromatic nitrogens is 2. The van der Waals surface area contributed by atoms with Crippen LogP contribution >= 0.6 is 0 Å². The minimum absolute atomic E-state index is 0.327. The topological polar surface area (TPSA) is 63.9 Å². The lowest BCUT2D eigenvalue weighted by atomic mass is 10.1. The van der Waals surface area contributed by atoms with E-state index in [2.05, 4.69) is 9.97 Å². The summed E-state index contributed by atoms with van der Waals surface area (Å²) in [6.07, 6.45) is 0. The molecule has 4 nitrogen and oxygen atoms in total. The summed E-state index contributed by atoms with van der Waals surface area (Å²) in [5.41, 5.74) is 7.54. The van der Waals surface area contributed by atoms with Crippen LogP contribution in [0, 0.1) is 12.7 Å². The number of hydrogen-bond donors (Lipinski definition) is 2. The van der Waals surface area contributed by atoms with Crippen LogP contribution in [0.4, 0.5) is 4.39 Å². The van der Waals surface area contributed by atoms with Crippen molar-refractivity contribution in [2.24, 2.45) is 5.73 Å². The molecule has 2 rings (SSSR count). The molecular weight excluding hydrogens is 245 g/mol. The van der Waals surface area contributed by atoms with Crippen molar-refractivity contribution in [1.29, 1.82) is 0 Å². The zero-order valence-electron chi connectivity index (χ0n) is 11.5. The Labute approximate surface area is 111 Å². The van der Waals surface area contributed by atoms with Crippen LogP contribution in [0.15, 0.2) is 18.2 Å². The number of nitrogens with one attached hydrogen (secondary N) is 1. The number of aromatic amines is 1. The van der Waals surface area contributed by atoms with Gasteiger partial charge in [0.15, 0.2) is 0 Å². The third-order valence-corrected chi connectivity index (χ3v) is 2.91. The molecule has 0 aliphatic carbocycles. The molecule has 1 aromatic carbocycles. The van der Waals surface area contributed by atoms with Gasteiger partial charge in [-0.1, -0.05) is 0 Å². The highest BCUT2D eigenvalue weighted by Gasteiger charge is 2.22. The number of nitrogens with zero attached hydrogens (tertiary/aromatic N) is 1. The van der Waals surface area contributed by atoms with Crippen molar-refractivity contribution < 1.29 is 9.13 Å². The number of benzene rings is 1. The third-order valence-electron chi connectivity index (χ3n) is 2.91. The molecule has 0 saturated heterocycles. The van der Waals surface area contributed by atoms with E-state index in [0.717, 1.165) is 5.69 Å². The Morgan fingerprint density at radius 2 is 2.05 bits per heavy atom. The first-order chi connectivity index (χ1) is 8.82. The summed E-state index contributed by atoms with van der Waals surface area (Å²) in [4.78, 5) is 7.61. The molecule has 0 saturated carbocycles. The average Bonchev–Trinajstić information content (AvgIpc) is 2.71. The molecule has 102 valence electrons. The second kappa shape index (κ2) is 4.66.